The smallest absolute Gasteiger partial charge is 0.329 e. The van der Waals surface area contributed by atoms with E-state index in [1.54, 1.807) is 38.1 Å². The molecule has 2 aromatic carbocycles. The van der Waals surface area contributed by atoms with Gasteiger partial charge in [-0.05, 0) is 49.1 Å². The van der Waals surface area contributed by atoms with E-state index in [0.29, 0.717) is 30.9 Å². The van der Waals surface area contributed by atoms with Crippen molar-refractivity contribution in [2.75, 3.05) is 19.8 Å². The van der Waals surface area contributed by atoms with E-state index in [1.165, 1.54) is 0 Å². The zero-order valence-electron chi connectivity index (χ0n) is 18.2. The summed E-state index contributed by atoms with van der Waals surface area (Å²) in [5.41, 5.74) is 1.51. The summed E-state index contributed by atoms with van der Waals surface area (Å²) in [5.74, 6) is -0.972. The van der Waals surface area contributed by atoms with Gasteiger partial charge in [-0.1, -0.05) is 44.2 Å². The van der Waals surface area contributed by atoms with E-state index in [1.807, 2.05) is 37.3 Å². The predicted octanol–water partition coefficient (Wildman–Crippen LogP) is 2.74. The zero-order valence-corrected chi connectivity index (χ0v) is 18.2. The van der Waals surface area contributed by atoms with Crippen LogP contribution in [0.5, 0.6) is 5.75 Å². The molecule has 0 spiro atoms. The fourth-order valence-corrected chi connectivity index (χ4v) is 2.86. The van der Waals surface area contributed by atoms with Crippen LogP contribution in [0.3, 0.4) is 0 Å². The second-order valence-electron chi connectivity index (χ2n) is 7.35. The first-order chi connectivity index (χ1) is 14.9. The Morgan fingerprint density at radius 3 is 2.26 bits per heavy atom. The van der Waals surface area contributed by atoms with Crippen molar-refractivity contribution in [1.82, 2.24) is 10.6 Å². The van der Waals surface area contributed by atoms with Crippen LogP contribution in [0, 0.1) is 5.92 Å². The normalized spacial score (nSPS) is 11.5. The molecule has 0 saturated carbocycles. The molecule has 2 N–H and O–H groups in total. The molecule has 0 radical (unpaired) electrons. The Kier molecular flexibility index (Phi) is 9.55. The van der Waals surface area contributed by atoms with E-state index in [4.69, 9.17) is 9.47 Å². The molecule has 1 atom stereocenters. The van der Waals surface area contributed by atoms with Crippen LogP contribution >= 0.6 is 0 Å². The van der Waals surface area contributed by atoms with Crippen LogP contribution < -0.4 is 15.4 Å². The number of ether oxygens (including phenoxy) is 2. The van der Waals surface area contributed by atoms with E-state index in [-0.39, 0.29) is 11.8 Å². The molecule has 0 fully saturated rings. The molecule has 0 aliphatic heterocycles. The summed E-state index contributed by atoms with van der Waals surface area (Å²) in [7, 11) is 0. The molecule has 31 heavy (non-hydrogen) atoms. The average molecular weight is 427 g/mol. The summed E-state index contributed by atoms with van der Waals surface area (Å²) in [6.45, 7) is 6.06. The van der Waals surface area contributed by atoms with Crippen molar-refractivity contribution in [3.8, 4) is 5.75 Å². The Labute approximate surface area is 183 Å². The van der Waals surface area contributed by atoms with Gasteiger partial charge in [-0.15, -0.1) is 0 Å². The van der Waals surface area contributed by atoms with E-state index in [2.05, 4.69) is 10.6 Å². The fourth-order valence-electron chi connectivity index (χ4n) is 2.86. The molecule has 0 aliphatic carbocycles. The molecule has 2 amide bonds. The molecule has 0 aromatic heterocycles. The Bertz CT molecular complexity index is 850. The maximum Gasteiger partial charge on any atom is 0.329 e. The quantitative estimate of drug-likeness (QED) is 0.539. The lowest BCUT2D eigenvalue weighted by Gasteiger charge is -2.21. The minimum atomic E-state index is -0.865. The number of carbonyl (C=O) groups excluding carboxylic acids is 3. The molecular formula is C24H30N2O5. The van der Waals surface area contributed by atoms with Crippen molar-refractivity contribution in [3.63, 3.8) is 0 Å². The van der Waals surface area contributed by atoms with Crippen LogP contribution in [-0.4, -0.2) is 43.6 Å². The minimum Gasteiger partial charge on any atom is -0.494 e. The van der Waals surface area contributed by atoms with E-state index < -0.39 is 24.5 Å². The van der Waals surface area contributed by atoms with Gasteiger partial charge in [-0.2, -0.15) is 0 Å². The number of nitrogens with one attached hydrogen (secondary N) is 2. The number of esters is 1. The fraction of sp³-hybridized carbons (Fsp3) is 0.375. The monoisotopic (exact) mass is 426 g/mol. The van der Waals surface area contributed by atoms with Gasteiger partial charge in [0.1, 0.15) is 11.8 Å². The molecule has 166 valence electrons. The second-order valence-corrected chi connectivity index (χ2v) is 7.35. The molecule has 2 aromatic rings. The van der Waals surface area contributed by atoms with Gasteiger partial charge in [0.05, 0.1) is 6.61 Å². The Hall–Kier alpha value is -3.35. The van der Waals surface area contributed by atoms with Gasteiger partial charge in [-0.3, -0.25) is 9.59 Å². The lowest BCUT2D eigenvalue weighted by molar-refractivity contribution is -0.151. The number of hydrogen-bond donors (Lipinski definition) is 2. The molecule has 2 rings (SSSR count). The molecule has 0 heterocycles. The first-order valence-corrected chi connectivity index (χ1v) is 10.4. The average Bonchev–Trinajstić information content (AvgIpc) is 2.77. The lowest BCUT2D eigenvalue weighted by atomic mass is 10.0. The topological polar surface area (TPSA) is 93.7 Å². The molecule has 7 heteroatoms. The molecule has 0 aliphatic rings. The van der Waals surface area contributed by atoms with Gasteiger partial charge in [0, 0.05) is 12.1 Å². The van der Waals surface area contributed by atoms with Crippen LogP contribution in [0.1, 0.15) is 36.7 Å². The first kappa shape index (κ1) is 23.9. The van der Waals surface area contributed by atoms with Crippen molar-refractivity contribution in [2.24, 2.45) is 5.92 Å². The highest BCUT2D eigenvalue weighted by molar-refractivity contribution is 5.97. The van der Waals surface area contributed by atoms with E-state index in [0.717, 1.165) is 5.56 Å². The minimum absolute atomic E-state index is 0.208. The Balaban J connectivity index is 1.81. The van der Waals surface area contributed by atoms with Crippen LogP contribution in [-0.2, 0) is 20.7 Å². The van der Waals surface area contributed by atoms with Crippen LogP contribution in [0.4, 0.5) is 0 Å². The summed E-state index contributed by atoms with van der Waals surface area (Å²) >= 11 is 0. The van der Waals surface area contributed by atoms with Gasteiger partial charge < -0.3 is 20.1 Å². The van der Waals surface area contributed by atoms with Crippen molar-refractivity contribution in [3.05, 3.63) is 65.7 Å². The van der Waals surface area contributed by atoms with Gasteiger partial charge in [0.25, 0.3) is 11.8 Å². The summed E-state index contributed by atoms with van der Waals surface area (Å²) < 4.78 is 10.5. The summed E-state index contributed by atoms with van der Waals surface area (Å²) in [6, 6.07) is 15.5. The Morgan fingerprint density at radius 2 is 1.65 bits per heavy atom. The number of carbonyl (C=O) groups is 3. The van der Waals surface area contributed by atoms with Gasteiger partial charge in [-0.25, -0.2) is 4.79 Å². The SMILES string of the molecule is CCOc1ccc(C(=O)N[C@H](C(=O)OCC(=O)NCCc2ccccc2)C(C)C)cc1. The maximum absolute atomic E-state index is 12.5. The second kappa shape index (κ2) is 12.4. The van der Waals surface area contributed by atoms with Crippen molar-refractivity contribution < 1.29 is 23.9 Å². The molecule has 0 saturated heterocycles. The standard InChI is InChI=1S/C24H30N2O5/c1-4-30-20-12-10-19(11-13-20)23(28)26-22(17(2)3)24(29)31-16-21(27)25-15-14-18-8-6-5-7-9-18/h5-13,17,22H,4,14-16H2,1-3H3,(H,25,27)(H,26,28)/t22-/m0/s1. The third-order valence-corrected chi connectivity index (χ3v) is 4.56. The number of amides is 2. The third-order valence-electron chi connectivity index (χ3n) is 4.56. The number of benzene rings is 2. The van der Waals surface area contributed by atoms with Gasteiger partial charge in [0.15, 0.2) is 6.61 Å². The van der Waals surface area contributed by atoms with Crippen molar-refractivity contribution in [1.29, 1.82) is 0 Å². The van der Waals surface area contributed by atoms with Gasteiger partial charge >= 0.3 is 5.97 Å². The molecule has 7 nitrogen and oxygen atoms in total. The number of rotatable bonds is 11. The highest BCUT2D eigenvalue weighted by Crippen LogP contribution is 2.13. The van der Waals surface area contributed by atoms with Crippen molar-refractivity contribution >= 4 is 17.8 Å². The summed E-state index contributed by atoms with van der Waals surface area (Å²) in [4.78, 5) is 36.9. The zero-order chi connectivity index (χ0) is 22.6. The van der Waals surface area contributed by atoms with Gasteiger partial charge in [0.2, 0.25) is 0 Å². The molecule has 0 unspecified atom stereocenters. The molecule has 0 bridgehead atoms. The van der Waals surface area contributed by atoms with E-state index in [9.17, 15) is 14.4 Å². The Morgan fingerprint density at radius 1 is 0.968 bits per heavy atom. The van der Waals surface area contributed by atoms with Crippen molar-refractivity contribution in [2.45, 2.75) is 33.2 Å². The lowest BCUT2D eigenvalue weighted by Crippen LogP contribution is -2.46. The largest absolute Gasteiger partial charge is 0.494 e. The highest BCUT2D eigenvalue weighted by atomic mass is 16.5. The van der Waals surface area contributed by atoms with Crippen LogP contribution in [0.25, 0.3) is 0 Å². The van der Waals surface area contributed by atoms with E-state index >= 15 is 0 Å². The number of hydrogen-bond acceptors (Lipinski definition) is 5. The first-order valence-electron chi connectivity index (χ1n) is 10.4. The molecular weight excluding hydrogens is 396 g/mol. The maximum atomic E-state index is 12.5. The predicted molar refractivity (Wildman–Crippen MR) is 118 cm³/mol. The third kappa shape index (κ3) is 8.12. The summed E-state index contributed by atoms with van der Waals surface area (Å²) in [6.07, 6.45) is 0.688. The highest BCUT2D eigenvalue weighted by Gasteiger charge is 2.26. The van der Waals surface area contributed by atoms with Crippen LogP contribution in [0.15, 0.2) is 54.6 Å². The summed E-state index contributed by atoms with van der Waals surface area (Å²) in [5, 5.41) is 5.41. The van der Waals surface area contributed by atoms with Crippen LogP contribution in [0.2, 0.25) is 0 Å².